The van der Waals surface area contributed by atoms with Crippen molar-refractivity contribution in [2.24, 2.45) is 0 Å². The standard InChI is InChI=1S/C14H10BrN3O/c15-13-12(5-2-6-17-13)14(19)18-9-11-4-1-3-10(7-11)8-16/h1-7H,9H2,(H,18,19). The molecule has 0 atom stereocenters. The van der Waals surface area contributed by atoms with Crippen LogP contribution in [0.1, 0.15) is 21.5 Å². The molecule has 1 N–H and O–H groups in total. The minimum absolute atomic E-state index is 0.206. The Labute approximate surface area is 119 Å². The Morgan fingerprint density at radius 1 is 1.37 bits per heavy atom. The molecule has 0 saturated carbocycles. The molecule has 2 aromatic rings. The van der Waals surface area contributed by atoms with Gasteiger partial charge in [-0.25, -0.2) is 4.98 Å². The van der Waals surface area contributed by atoms with Crippen LogP contribution in [-0.4, -0.2) is 10.9 Å². The number of nitriles is 1. The number of amides is 1. The van der Waals surface area contributed by atoms with Crippen molar-refractivity contribution in [2.45, 2.75) is 6.54 Å². The number of nitrogens with one attached hydrogen (secondary N) is 1. The summed E-state index contributed by atoms with van der Waals surface area (Å²) in [5.74, 6) is -0.206. The molecule has 0 aliphatic heterocycles. The number of nitrogens with zero attached hydrogens (tertiary/aromatic N) is 2. The minimum Gasteiger partial charge on any atom is -0.348 e. The highest BCUT2D eigenvalue weighted by atomic mass is 79.9. The van der Waals surface area contributed by atoms with Gasteiger partial charge in [0.2, 0.25) is 0 Å². The summed E-state index contributed by atoms with van der Waals surface area (Å²) in [6, 6.07) is 12.6. The largest absolute Gasteiger partial charge is 0.348 e. The van der Waals surface area contributed by atoms with Crippen molar-refractivity contribution in [2.75, 3.05) is 0 Å². The van der Waals surface area contributed by atoms with E-state index in [4.69, 9.17) is 5.26 Å². The van der Waals surface area contributed by atoms with E-state index in [1.54, 1.807) is 36.5 Å². The van der Waals surface area contributed by atoms with Crippen molar-refractivity contribution in [3.8, 4) is 6.07 Å². The third-order valence-corrected chi connectivity index (χ3v) is 3.14. The van der Waals surface area contributed by atoms with Gasteiger partial charge in [-0.1, -0.05) is 12.1 Å². The molecule has 0 radical (unpaired) electrons. The average molecular weight is 316 g/mol. The van der Waals surface area contributed by atoms with Crippen LogP contribution in [0.4, 0.5) is 0 Å². The lowest BCUT2D eigenvalue weighted by Crippen LogP contribution is -2.23. The van der Waals surface area contributed by atoms with Crippen LogP contribution in [0.3, 0.4) is 0 Å². The van der Waals surface area contributed by atoms with Gasteiger partial charge in [0.05, 0.1) is 17.2 Å². The summed E-state index contributed by atoms with van der Waals surface area (Å²) in [6.07, 6.45) is 1.61. The molecular weight excluding hydrogens is 306 g/mol. The van der Waals surface area contributed by atoms with Gasteiger partial charge >= 0.3 is 0 Å². The van der Waals surface area contributed by atoms with Gasteiger partial charge in [0.15, 0.2) is 0 Å². The monoisotopic (exact) mass is 315 g/mol. The topological polar surface area (TPSA) is 65.8 Å². The molecule has 4 nitrogen and oxygen atoms in total. The molecule has 1 aromatic heterocycles. The van der Waals surface area contributed by atoms with E-state index in [1.807, 2.05) is 6.07 Å². The number of aromatic nitrogens is 1. The second-order valence-electron chi connectivity index (χ2n) is 3.84. The van der Waals surface area contributed by atoms with Crippen molar-refractivity contribution in [3.63, 3.8) is 0 Å². The maximum Gasteiger partial charge on any atom is 0.254 e. The van der Waals surface area contributed by atoms with Crippen LogP contribution in [0, 0.1) is 11.3 Å². The first kappa shape index (κ1) is 13.2. The van der Waals surface area contributed by atoms with E-state index in [0.29, 0.717) is 22.3 Å². The van der Waals surface area contributed by atoms with Crippen molar-refractivity contribution >= 4 is 21.8 Å². The SMILES string of the molecule is N#Cc1cccc(CNC(=O)c2cccnc2Br)c1. The number of hydrogen-bond donors (Lipinski definition) is 1. The predicted octanol–water partition coefficient (Wildman–Crippen LogP) is 2.65. The Kier molecular flexibility index (Phi) is 4.26. The molecule has 94 valence electrons. The zero-order chi connectivity index (χ0) is 13.7. The molecule has 0 bridgehead atoms. The lowest BCUT2D eigenvalue weighted by molar-refractivity contribution is 0.0949. The molecule has 1 heterocycles. The van der Waals surface area contributed by atoms with Gasteiger partial charge in [-0.15, -0.1) is 0 Å². The number of benzene rings is 1. The fraction of sp³-hybridized carbons (Fsp3) is 0.0714. The molecule has 0 unspecified atom stereocenters. The molecule has 1 aromatic carbocycles. The Morgan fingerprint density at radius 2 is 2.21 bits per heavy atom. The van der Waals surface area contributed by atoms with Crippen molar-refractivity contribution in [1.29, 1.82) is 5.26 Å². The summed E-state index contributed by atoms with van der Waals surface area (Å²) in [5, 5.41) is 11.6. The van der Waals surface area contributed by atoms with E-state index < -0.39 is 0 Å². The lowest BCUT2D eigenvalue weighted by Gasteiger charge is -2.06. The van der Waals surface area contributed by atoms with Gasteiger partial charge in [0.25, 0.3) is 5.91 Å². The third-order valence-electron chi connectivity index (χ3n) is 2.51. The van der Waals surface area contributed by atoms with E-state index in [2.05, 4.69) is 32.3 Å². The highest BCUT2D eigenvalue weighted by Crippen LogP contribution is 2.12. The van der Waals surface area contributed by atoms with Crippen LogP contribution in [0.15, 0.2) is 47.2 Å². The second kappa shape index (κ2) is 6.12. The molecule has 0 aliphatic rings. The minimum atomic E-state index is -0.206. The number of hydrogen-bond acceptors (Lipinski definition) is 3. The van der Waals surface area contributed by atoms with Crippen LogP contribution >= 0.6 is 15.9 Å². The third kappa shape index (κ3) is 3.39. The maximum atomic E-state index is 11.9. The number of carbonyl (C=O) groups excluding carboxylic acids is 1. The fourth-order valence-corrected chi connectivity index (χ4v) is 2.01. The molecule has 1 amide bonds. The zero-order valence-corrected chi connectivity index (χ0v) is 11.5. The normalized spacial score (nSPS) is 9.68. The molecule has 19 heavy (non-hydrogen) atoms. The van der Waals surface area contributed by atoms with Gasteiger partial charge in [0.1, 0.15) is 4.60 Å². The van der Waals surface area contributed by atoms with E-state index in [9.17, 15) is 4.79 Å². The summed E-state index contributed by atoms with van der Waals surface area (Å²) < 4.78 is 0.512. The van der Waals surface area contributed by atoms with Crippen LogP contribution in [0.2, 0.25) is 0 Å². The van der Waals surface area contributed by atoms with Gasteiger partial charge < -0.3 is 5.32 Å². The number of rotatable bonds is 3. The van der Waals surface area contributed by atoms with Crippen LogP contribution in [0.25, 0.3) is 0 Å². The number of halogens is 1. The molecule has 0 aliphatic carbocycles. The van der Waals surface area contributed by atoms with Crippen molar-refractivity contribution < 1.29 is 4.79 Å². The highest BCUT2D eigenvalue weighted by molar-refractivity contribution is 9.10. The first-order chi connectivity index (χ1) is 9.20. The second-order valence-corrected chi connectivity index (χ2v) is 4.59. The zero-order valence-electron chi connectivity index (χ0n) is 9.93. The molecular formula is C14H10BrN3O. The first-order valence-corrected chi connectivity index (χ1v) is 6.38. The van der Waals surface area contributed by atoms with Crippen LogP contribution in [-0.2, 0) is 6.54 Å². The Morgan fingerprint density at radius 3 is 2.95 bits per heavy atom. The van der Waals surface area contributed by atoms with E-state index >= 15 is 0 Å². The van der Waals surface area contributed by atoms with E-state index in [1.165, 1.54) is 0 Å². The Hall–Kier alpha value is -2.19. The number of pyridine rings is 1. The van der Waals surface area contributed by atoms with Gasteiger partial charge in [0, 0.05) is 12.7 Å². The van der Waals surface area contributed by atoms with E-state index in [0.717, 1.165) is 5.56 Å². The maximum absolute atomic E-state index is 11.9. The molecule has 5 heteroatoms. The predicted molar refractivity (Wildman–Crippen MR) is 74.3 cm³/mol. The highest BCUT2D eigenvalue weighted by Gasteiger charge is 2.09. The summed E-state index contributed by atoms with van der Waals surface area (Å²) in [6.45, 7) is 0.371. The van der Waals surface area contributed by atoms with Crippen molar-refractivity contribution in [3.05, 3.63) is 63.9 Å². The smallest absolute Gasteiger partial charge is 0.254 e. The Bertz CT molecular complexity index is 649. The number of carbonyl (C=O) groups is 1. The van der Waals surface area contributed by atoms with Gasteiger partial charge in [-0.2, -0.15) is 5.26 Å². The lowest BCUT2D eigenvalue weighted by atomic mass is 10.1. The van der Waals surface area contributed by atoms with Gasteiger partial charge in [-0.05, 0) is 45.8 Å². The van der Waals surface area contributed by atoms with E-state index in [-0.39, 0.29) is 5.91 Å². The van der Waals surface area contributed by atoms with Crippen LogP contribution in [0.5, 0.6) is 0 Å². The Balaban J connectivity index is 2.05. The average Bonchev–Trinajstić information content (AvgIpc) is 2.45. The quantitative estimate of drug-likeness (QED) is 0.885. The van der Waals surface area contributed by atoms with Crippen LogP contribution < -0.4 is 5.32 Å². The van der Waals surface area contributed by atoms with Crippen molar-refractivity contribution in [1.82, 2.24) is 10.3 Å². The molecule has 0 spiro atoms. The first-order valence-electron chi connectivity index (χ1n) is 5.58. The summed E-state index contributed by atoms with van der Waals surface area (Å²) in [7, 11) is 0. The fourth-order valence-electron chi connectivity index (χ4n) is 1.58. The summed E-state index contributed by atoms with van der Waals surface area (Å²) >= 11 is 3.23. The summed E-state index contributed by atoms with van der Waals surface area (Å²) in [4.78, 5) is 15.9. The summed E-state index contributed by atoms with van der Waals surface area (Å²) in [5.41, 5.74) is 1.95. The van der Waals surface area contributed by atoms with Gasteiger partial charge in [-0.3, -0.25) is 4.79 Å². The molecule has 0 saturated heterocycles. The molecule has 2 rings (SSSR count). The molecule has 0 fully saturated rings.